The number of pyridine rings is 1. The Balaban J connectivity index is 1.91. The molecule has 0 saturated heterocycles. The predicted molar refractivity (Wildman–Crippen MR) is 104 cm³/mol. The number of aromatic amines is 1. The van der Waals surface area contributed by atoms with Crippen molar-refractivity contribution in [3.8, 4) is 11.4 Å². The Morgan fingerprint density at radius 1 is 1.12 bits per heavy atom. The zero-order valence-electron chi connectivity index (χ0n) is 14.3. The third kappa shape index (κ3) is 3.83. The number of benzene rings is 1. The first-order chi connectivity index (χ1) is 12.2. The Labute approximate surface area is 151 Å². The van der Waals surface area contributed by atoms with E-state index < -0.39 is 0 Å². The molecule has 0 radical (unpaired) electrons. The lowest BCUT2D eigenvalue weighted by Crippen LogP contribution is -2.21. The van der Waals surface area contributed by atoms with Gasteiger partial charge in [0.25, 0.3) is 0 Å². The Morgan fingerprint density at radius 2 is 1.80 bits per heavy atom. The fourth-order valence-corrected chi connectivity index (χ4v) is 2.75. The van der Waals surface area contributed by atoms with Gasteiger partial charge in [0.15, 0.2) is 5.82 Å². The van der Waals surface area contributed by atoms with Crippen molar-refractivity contribution >= 4 is 24.1 Å². The Morgan fingerprint density at radius 3 is 2.44 bits per heavy atom. The normalized spacial score (nSPS) is 11.1. The van der Waals surface area contributed by atoms with Crippen molar-refractivity contribution in [3.63, 3.8) is 0 Å². The van der Waals surface area contributed by atoms with E-state index in [1.54, 1.807) is 23.3 Å². The van der Waals surface area contributed by atoms with E-state index in [2.05, 4.69) is 51.2 Å². The molecule has 1 aromatic carbocycles. The van der Waals surface area contributed by atoms with Crippen LogP contribution in [0, 0.1) is 4.77 Å². The van der Waals surface area contributed by atoms with E-state index in [-0.39, 0.29) is 0 Å². The molecule has 0 saturated carbocycles. The summed E-state index contributed by atoms with van der Waals surface area (Å²) >= 11 is 5.30. The van der Waals surface area contributed by atoms with Crippen molar-refractivity contribution in [2.24, 2.45) is 5.10 Å². The number of aromatic nitrogens is 4. The van der Waals surface area contributed by atoms with Gasteiger partial charge in [-0.25, -0.2) is 5.10 Å². The Bertz CT molecular complexity index is 891. The van der Waals surface area contributed by atoms with Crippen LogP contribution in [0.3, 0.4) is 0 Å². The standard InChI is InChI=1S/C18H20N6S/c1-3-23(4-2)16-7-5-15(6-8-16)17-21-22-18(25)24(17)20-13-14-9-11-19-12-10-14/h5-13H,3-4H2,1-2H3,(H,22,25). The van der Waals surface area contributed by atoms with Crippen LogP contribution in [0.25, 0.3) is 11.4 Å². The van der Waals surface area contributed by atoms with Crippen LogP contribution in [0.15, 0.2) is 53.9 Å². The largest absolute Gasteiger partial charge is 0.372 e. The number of H-pyrrole nitrogens is 1. The molecule has 1 N–H and O–H groups in total. The molecule has 128 valence electrons. The molecule has 0 unspecified atom stereocenters. The van der Waals surface area contributed by atoms with Crippen LogP contribution in [-0.2, 0) is 0 Å². The lowest BCUT2D eigenvalue weighted by molar-refractivity contribution is 0.864. The van der Waals surface area contributed by atoms with Crippen molar-refractivity contribution < 1.29 is 0 Å². The van der Waals surface area contributed by atoms with Gasteiger partial charge >= 0.3 is 0 Å². The minimum atomic E-state index is 0.452. The maximum atomic E-state index is 5.30. The van der Waals surface area contributed by atoms with Gasteiger partial charge < -0.3 is 4.90 Å². The topological polar surface area (TPSA) is 62.1 Å². The molecule has 0 spiro atoms. The maximum Gasteiger partial charge on any atom is 0.216 e. The summed E-state index contributed by atoms with van der Waals surface area (Å²) < 4.78 is 2.08. The second-order valence-electron chi connectivity index (χ2n) is 5.41. The SMILES string of the molecule is CCN(CC)c1ccc(-c2n[nH]c(=S)n2N=Cc2ccncc2)cc1. The summed E-state index contributed by atoms with van der Waals surface area (Å²) in [6.45, 7) is 6.25. The van der Waals surface area contributed by atoms with Crippen LogP contribution in [0.4, 0.5) is 5.69 Å². The molecule has 7 heteroatoms. The summed E-state index contributed by atoms with van der Waals surface area (Å²) in [5, 5.41) is 11.6. The number of hydrogen-bond donors (Lipinski definition) is 1. The monoisotopic (exact) mass is 352 g/mol. The fraction of sp³-hybridized carbons (Fsp3) is 0.222. The first-order valence-electron chi connectivity index (χ1n) is 8.20. The summed E-state index contributed by atoms with van der Waals surface area (Å²) in [7, 11) is 0. The zero-order valence-corrected chi connectivity index (χ0v) is 15.1. The maximum absolute atomic E-state index is 5.30. The molecule has 0 aliphatic carbocycles. The van der Waals surface area contributed by atoms with Crippen molar-refractivity contribution in [2.75, 3.05) is 18.0 Å². The van der Waals surface area contributed by atoms with E-state index in [1.807, 2.05) is 24.3 Å². The molecule has 0 atom stereocenters. The molecule has 3 rings (SSSR count). The molecular formula is C18H20N6S. The molecule has 3 aromatic rings. The van der Waals surface area contributed by atoms with Crippen LogP contribution in [0.1, 0.15) is 19.4 Å². The van der Waals surface area contributed by atoms with Gasteiger partial charge in [-0.05, 0) is 68.0 Å². The molecule has 25 heavy (non-hydrogen) atoms. The highest BCUT2D eigenvalue weighted by molar-refractivity contribution is 7.71. The average Bonchev–Trinajstić information content (AvgIpc) is 3.03. The first-order valence-corrected chi connectivity index (χ1v) is 8.61. The van der Waals surface area contributed by atoms with E-state index in [0.717, 1.165) is 24.2 Å². The number of nitrogens with zero attached hydrogens (tertiary/aromatic N) is 5. The molecule has 2 aromatic heterocycles. The van der Waals surface area contributed by atoms with Gasteiger partial charge in [-0.15, -0.1) is 0 Å². The van der Waals surface area contributed by atoms with Gasteiger partial charge in [0.1, 0.15) is 0 Å². The van der Waals surface area contributed by atoms with Gasteiger partial charge in [-0.3, -0.25) is 4.98 Å². The number of anilines is 1. The Kier molecular flexibility index (Phi) is 5.35. The third-order valence-electron chi connectivity index (χ3n) is 3.93. The first kappa shape index (κ1) is 17.0. The summed E-state index contributed by atoms with van der Waals surface area (Å²) in [4.78, 5) is 6.29. The quantitative estimate of drug-likeness (QED) is 0.542. The third-order valence-corrected chi connectivity index (χ3v) is 4.20. The highest BCUT2D eigenvalue weighted by Crippen LogP contribution is 2.22. The van der Waals surface area contributed by atoms with Gasteiger partial charge in [0.05, 0.1) is 6.21 Å². The number of nitrogens with one attached hydrogen (secondary N) is 1. The van der Waals surface area contributed by atoms with E-state index in [1.165, 1.54) is 5.69 Å². The number of hydrogen-bond acceptors (Lipinski definition) is 5. The molecule has 0 bridgehead atoms. The van der Waals surface area contributed by atoms with Crippen molar-refractivity contribution in [3.05, 3.63) is 59.1 Å². The van der Waals surface area contributed by atoms with E-state index in [4.69, 9.17) is 12.2 Å². The zero-order chi connectivity index (χ0) is 17.6. The fourth-order valence-electron chi connectivity index (χ4n) is 2.57. The van der Waals surface area contributed by atoms with E-state index in [9.17, 15) is 0 Å². The summed E-state index contributed by atoms with van der Waals surface area (Å²) in [6, 6.07) is 12.0. The lowest BCUT2D eigenvalue weighted by Gasteiger charge is -2.20. The van der Waals surface area contributed by atoms with Gasteiger partial charge in [0.2, 0.25) is 4.77 Å². The van der Waals surface area contributed by atoms with E-state index in [0.29, 0.717) is 10.6 Å². The second-order valence-corrected chi connectivity index (χ2v) is 5.80. The summed E-state index contributed by atoms with van der Waals surface area (Å²) in [6.07, 6.45) is 5.19. The molecule has 2 heterocycles. The lowest BCUT2D eigenvalue weighted by atomic mass is 10.2. The molecule has 0 aliphatic rings. The van der Waals surface area contributed by atoms with Crippen LogP contribution >= 0.6 is 12.2 Å². The minimum Gasteiger partial charge on any atom is -0.372 e. The van der Waals surface area contributed by atoms with E-state index >= 15 is 0 Å². The van der Waals surface area contributed by atoms with Crippen LogP contribution in [0.5, 0.6) is 0 Å². The predicted octanol–water partition coefficient (Wildman–Crippen LogP) is 3.73. The van der Waals surface area contributed by atoms with Crippen LogP contribution in [0.2, 0.25) is 0 Å². The van der Waals surface area contributed by atoms with Crippen molar-refractivity contribution in [1.82, 2.24) is 19.9 Å². The van der Waals surface area contributed by atoms with Gasteiger partial charge in [0, 0.05) is 36.7 Å². The second kappa shape index (κ2) is 7.85. The smallest absolute Gasteiger partial charge is 0.216 e. The van der Waals surface area contributed by atoms with Crippen molar-refractivity contribution in [2.45, 2.75) is 13.8 Å². The molecule has 0 amide bonds. The highest BCUT2D eigenvalue weighted by Gasteiger charge is 2.09. The highest BCUT2D eigenvalue weighted by atomic mass is 32.1. The van der Waals surface area contributed by atoms with Crippen molar-refractivity contribution in [1.29, 1.82) is 0 Å². The molecule has 6 nitrogen and oxygen atoms in total. The van der Waals surface area contributed by atoms with Gasteiger partial charge in [-0.2, -0.15) is 14.9 Å². The minimum absolute atomic E-state index is 0.452. The Hall–Kier alpha value is -2.80. The number of rotatable bonds is 6. The molecular weight excluding hydrogens is 332 g/mol. The molecule has 0 aliphatic heterocycles. The average molecular weight is 352 g/mol. The summed E-state index contributed by atoms with van der Waals surface area (Å²) in [5.74, 6) is 0.682. The summed E-state index contributed by atoms with van der Waals surface area (Å²) in [5.41, 5.74) is 3.09. The van der Waals surface area contributed by atoms with Crippen LogP contribution < -0.4 is 4.90 Å². The van der Waals surface area contributed by atoms with Crippen LogP contribution in [-0.4, -0.2) is 39.2 Å². The van der Waals surface area contributed by atoms with Gasteiger partial charge in [-0.1, -0.05) is 0 Å². The molecule has 0 fully saturated rings.